The highest BCUT2D eigenvalue weighted by atomic mass is 16.4. The molecule has 3 aliphatic heterocycles. The van der Waals surface area contributed by atoms with Gasteiger partial charge < -0.3 is 66.6 Å². The summed E-state index contributed by atoms with van der Waals surface area (Å²) in [7, 11) is 0. The molecular formula is C63H99N13O18. The second-order valence-electron chi connectivity index (χ2n) is 24.8. The van der Waals surface area contributed by atoms with Crippen molar-refractivity contribution in [2.24, 2.45) is 5.92 Å². The van der Waals surface area contributed by atoms with E-state index in [1.165, 1.54) is 0 Å². The molecule has 0 saturated carbocycles. The third kappa shape index (κ3) is 30.9. The predicted octanol–water partition coefficient (Wildman–Crippen LogP) is 2.39. The minimum Gasteiger partial charge on any atom is -0.481 e. The number of benzene rings is 1. The molecule has 3 aliphatic rings. The number of carboxylic acids is 8. The fourth-order valence-electron chi connectivity index (χ4n) is 12.1. The molecule has 524 valence electrons. The number of unbranched alkanes of at least 4 members (excludes halogenated alkanes) is 8. The number of piperidine rings is 1. The number of aliphatic carboxylic acids is 8. The Balaban J connectivity index is 1.09. The number of rotatable bonds is 41. The standard InChI is InChI=1S/C63H99N13O18/c77-52(64-24-9-8-13-49(59(90)91)65-63(94)66-50(60(92)93)20-21-54(80)81)14-7-5-3-1-2-4-6-10-25-70-32-35-75(36-33-70)62-68-51(67-61(69-62)74-26-22-45(23-27-74)12-11-15-53(78)79)39-47-18-16-46(17-19-47)38-48-40-73(43-57(86)87)31-30-71(41-55(82)83)28-29-72(42-56(84)85)34-37-76(48)44-58(88)89/h16-19,45,48-50H,1-15,20-44H2,(H,64,77)(H,78,79)(H,80,81)(H,82,83)(H,84,85)(H,86,87)(H,88,89)(H,90,91)(H,92,93)(H2,65,66,94)/t48?,49-,50-/m0/s1. The fraction of sp³-hybridized carbons (Fsp3) is 0.698. The smallest absolute Gasteiger partial charge is 0.326 e. The molecule has 3 fully saturated rings. The lowest BCUT2D eigenvalue weighted by atomic mass is 9.92. The zero-order valence-electron chi connectivity index (χ0n) is 54.0. The monoisotopic (exact) mass is 1330 g/mol. The highest BCUT2D eigenvalue weighted by Gasteiger charge is 2.30. The Hall–Kier alpha value is -7.87. The molecule has 0 radical (unpaired) electrons. The van der Waals surface area contributed by atoms with E-state index in [9.17, 15) is 83.7 Å². The van der Waals surface area contributed by atoms with Crippen LogP contribution < -0.4 is 25.8 Å². The van der Waals surface area contributed by atoms with Crippen LogP contribution in [-0.4, -0.2) is 282 Å². The molecule has 31 nitrogen and oxygen atoms in total. The van der Waals surface area contributed by atoms with Gasteiger partial charge in [-0.3, -0.25) is 58.1 Å². The van der Waals surface area contributed by atoms with Gasteiger partial charge in [0.15, 0.2) is 0 Å². The Kier molecular flexibility index (Phi) is 34.1. The minimum absolute atomic E-state index is 0.0427. The van der Waals surface area contributed by atoms with Gasteiger partial charge in [0.05, 0.1) is 26.2 Å². The maximum atomic E-state index is 12.4. The SMILES string of the molecule is O=C(O)CCCC1CCN(c2nc(Cc3ccc(CC4CN(CC(=O)O)CCN(CC(=O)O)CCN(CC(=O)O)CCN4CC(=O)O)cc3)nc(N3CCN(CCCCCCCCCCC(=O)NCCCC[C@H](NC(=O)N[C@@H](CCC(=O)O)C(=O)O)C(=O)O)CC3)n2)CC1. The van der Waals surface area contributed by atoms with Crippen molar-refractivity contribution in [3.63, 3.8) is 0 Å². The lowest BCUT2D eigenvalue weighted by molar-refractivity contribution is -0.142. The summed E-state index contributed by atoms with van der Waals surface area (Å²) in [6.45, 7) is 5.84. The number of hydrogen-bond donors (Lipinski definition) is 11. The Labute approximate surface area is 548 Å². The van der Waals surface area contributed by atoms with E-state index < -0.39 is 78.3 Å². The summed E-state index contributed by atoms with van der Waals surface area (Å²) in [4.78, 5) is 147. The lowest BCUT2D eigenvalue weighted by Crippen LogP contribution is -2.53. The minimum atomic E-state index is -1.50. The first kappa shape index (κ1) is 76.8. The first-order chi connectivity index (χ1) is 45.0. The van der Waals surface area contributed by atoms with Crippen LogP contribution in [0.3, 0.4) is 0 Å². The maximum absolute atomic E-state index is 12.4. The molecule has 3 saturated heterocycles. The summed E-state index contributed by atoms with van der Waals surface area (Å²) in [5, 5.41) is 83.3. The molecule has 94 heavy (non-hydrogen) atoms. The Morgan fingerprint density at radius 2 is 0.947 bits per heavy atom. The zero-order valence-corrected chi connectivity index (χ0v) is 54.0. The second-order valence-corrected chi connectivity index (χ2v) is 24.8. The predicted molar refractivity (Wildman–Crippen MR) is 343 cm³/mol. The van der Waals surface area contributed by atoms with E-state index in [0.717, 1.165) is 128 Å². The maximum Gasteiger partial charge on any atom is 0.326 e. The third-order valence-corrected chi connectivity index (χ3v) is 17.4. The van der Waals surface area contributed by atoms with Crippen LogP contribution in [0.1, 0.15) is 139 Å². The van der Waals surface area contributed by atoms with Crippen molar-refractivity contribution >= 4 is 71.6 Å². The number of urea groups is 1. The fourth-order valence-corrected chi connectivity index (χ4v) is 12.1. The molecule has 1 aromatic carbocycles. The molecule has 3 amide bonds. The van der Waals surface area contributed by atoms with Crippen molar-refractivity contribution < 1.29 is 88.8 Å². The summed E-state index contributed by atoms with van der Waals surface area (Å²) >= 11 is 0. The summed E-state index contributed by atoms with van der Waals surface area (Å²) < 4.78 is 0. The number of carbonyl (C=O) groups is 10. The number of carbonyl (C=O) groups excluding carboxylic acids is 2. The second kappa shape index (κ2) is 41.8. The molecule has 1 unspecified atom stereocenters. The highest BCUT2D eigenvalue weighted by Crippen LogP contribution is 2.27. The van der Waals surface area contributed by atoms with Gasteiger partial charge in [-0.05, 0) is 94.2 Å². The van der Waals surface area contributed by atoms with Gasteiger partial charge >= 0.3 is 53.8 Å². The lowest BCUT2D eigenvalue weighted by Gasteiger charge is -2.37. The molecule has 0 aliphatic carbocycles. The normalized spacial score (nSPS) is 17.6. The van der Waals surface area contributed by atoms with Crippen molar-refractivity contribution in [1.82, 2.24) is 55.4 Å². The number of amides is 3. The van der Waals surface area contributed by atoms with Gasteiger partial charge in [0, 0.05) is 123 Å². The van der Waals surface area contributed by atoms with Gasteiger partial charge in [0.25, 0.3) is 0 Å². The van der Waals surface area contributed by atoms with Crippen LogP contribution in [0, 0.1) is 5.92 Å². The Morgan fingerprint density at radius 3 is 1.50 bits per heavy atom. The van der Waals surface area contributed by atoms with Crippen molar-refractivity contribution in [3.8, 4) is 0 Å². The van der Waals surface area contributed by atoms with Gasteiger partial charge in [-0.15, -0.1) is 0 Å². The van der Waals surface area contributed by atoms with Crippen LogP contribution in [0.25, 0.3) is 0 Å². The van der Waals surface area contributed by atoms with E-state index in [2.05, 4.69) is 30.7 Å². The average Bonchev–Trinajstić information content (AvgIpc) is 0.818. The van der Waals surface area contributed by atoms with Crippen molar-refractivity contribution in [1.29, 1.82) is 0 Å². The summed E-state index contributed by atoms with van der Waals surface area (Å²) in [5.41, 5.74) is 1.78. The number of nitrogens with zero attached hydrogens (tertiary/aromatic N) is 10. The van der Waals surface area contributed by atoms with Gasteiger partial charge in [-0.1, -0.05) is 62.8 Å². The highest BCUT2D eigenvalue weighted by molar-refractivity contribution is 5.86. The van der Waals surface area contributed by atoms with Crippen molar-refractivity contribution in [3.05, 3.63) is 41.2 Å². The van der Waals surface area contributed by atoms with E-state index in [0.29, 0.717) is 68.7 Å². The Morgan fingerprint density at radius 1 is 0.457 bits per heavy atom. The van der Waals surface area contributed by atoms with E-state index in [-0.39, 0.29) is 97.2 Å². The molecule has 0 spiro atoms. The number of aromatic nitrogens is 3. The Bertz CT molecular complexity index is 2750. The van der Waals surface area contributed by atoms with E-state index in [4.69, 9.17) is 20.1 Å². The molecule has 4 heterocycles. The van der Waals surface area contributed by atoms with Crippen molar-refractivity contribution in [2.75, 3.05) is 134 Å². The van der Waals surface area contributed by atoms with E-state index in [1.807, 2.05) is 24.3 Å². The van der Waals surface area contributed by atoms with Crippen LogP contribution in [0.2, 0.25) is 0 Å². The van der Waals surface area contributed by atoms with Crippen LogP contribution in [0.5, 0.6) is 0 Å². The first-order valence-corrected chi connectivity index (χ1v) is 33.0. The van der Waals surface area contributed by atoms with Crippen LogP contribution >= 0.6 is 0 Å². The molecule has 2 aromatic rings. The quantitative estimate of drug-likeness (QED) is 0.0426. The topological polar surface area (TPSA) is 430 Å². The molecule has 31 heteroatoms. The summed E-state index contributed by atoms with van der Waals surface area (Å²) in [6.07, 6.45) is 12.7. The first-order valence-electron chi connectivity index (χ1n) is 33.0. The van der Waals surface area contributed by atoms with E-state index in [1.54, 1.807) is 19.6 Å². The van der Waals surface area contributed by atoms with Gasteiger partial charge in [-0.25, -0.2) is 14.4 Å². The molecule has 5 rings (SSSR count). The van der Waals surface area contributed by atoms with Crippen LogP contribution in [0.4, 0.5) is 16.7 Å². The van der Waals surface area contributed by atoms with Gasteiger partial charge in [0.2, 0.25) is 17.8 Å². The third-order valence-electron chi connectivity index (χ3n) is 17.4. The largest absolute Gasteiger partial charge is 0.481 e. The molecular weight excluding hydrogens is 1230 g/mol. The van der Waals surface area contributed by atoms with Crippen molar-refractivity contribution in [2.45, 2.75) is 153 Å². The molecule has 11 N–H and O–H groups in total. The number of anilines is 2. The molecule has 3 atom stereocenters. The van der Waals surface area contributed by atoms with E-state index >= 15 is 0 Å². The van der Waals surface area contributed by atoms with Crippen LogP contribution in [0.15, 0.2) is 24.3 Å². The number of hydrogen-bond acceptors (Lipinski definition) is 20. The van der Waals surface area contributed by atoms with Gasteiger partial charge in [0.1, 0.15) is 17.9 Å². The number of nitrogens with one attached hydrogen (secondary N) is 3. The molecule has 1 aromatic heterocycles. The zero-order chi connectivity index (χ0) is 68.4. The average molecular weight is 1330 g/mol. The summed E-state index contributed by atoms with van der Waals surface area (Å²) in [6, 6.07) is 3.51. The van der Waals surface area contributed by atoms with Crippen LogP contribution in [-0.2, 0) is 56.0 Å². The van der Waals surface area contributed by atoms with Gasteiger partial charge in [-0.2, -0.15) is 15.0 Å². The summed E-state index contributed by atoms with van der Waals surface area (Å²) in [5.74, 6) is -6.99. The molecule has 0 bridgehead atoms. The number of carboxylic acid groups (broad SMARTS) is 8. The number of piperazine rings is 1.